The third-order valence-electron chi connectivity index (χ3n) is 3.96. The van der Waals surface area contributed by atoms with Crippen LogP contribution in [-0.4, -0.2) is 28.5 Å². The second kappa shape index (κ2) is 7.24. The largest absolute Gasteiger partial charge is 0.390 e. The molecule has 118 valence electrons. The topological polar surface area (TPSA) is 52.5 Å². The average Bonchev–Trinajstić information content (AvgIpc) is 2.60. The van der Waals surface area contributed by atoms with Crippen LogP contribution in [0.15, 0.2) is 18.2 Å². The molecule has 1 fully saturated rings. The van der Waals surface area contributed by atoms with Crippen LogP contribution >= 0.6 is 0 Å². The first-order valence-electron chi connectivity index (χ1n) is 7.13. The fourth-order valence-electron chi connectivity index (χ4n) is 2.60. The lowest BCUT2D eigenvalue weighted by Gasteiger charge is -2.16. The van der Waals surface area contributed by atoms with Gasteiger partial charge in [0.25, 0.3) is 6.43 Å². The molecule has 1 aliphatic rings. The maximum absolute atomic E-state index is 13.5. The van der Waals surface area contributed by atoms with Gasteiger partial charge >= 0.3 is 0 Å². The van der Waals surface area contributed by atoms with Crippen LogP contribution in [0.25, 0.3) is 0 Å². The van der Waals surface area contributed by atoms with Crippen LogP contribution in [0.3, 0.4) is 0 Å². The predicted molar refractivity (Wildman–Crippen MR) is 72.5 cm³/mol. The Kier molecular flexibility index (Phi) is 5.61. The van der Waals surface area contributed by atoms with E-state index in [0.29, 0.717) is 24.9 Å². The SMILES string of the molecule is O[C@@H]1CCC(NCc2ccc(C(F)F)c(F)c2)CC[C@@H]1O. The molecular weight excluding hydrogens is 283 g/mol. The van der Waals surface area contributed by atoms with Gasteiger partial charge in [0, 0.05) is 12.6 Å². The molecule has 3 atom stereocenters. The molecule has 0 spiro atoms. The molecule has 1 unspecified atom stereocenters. The zero-order valence-corrected chi connectivity index (χ0v) is 11.6. The van der Waals surface area contributed by atoms with E-state index >= 15 is 0 Å². The minimum Gasteiger partial charge on any atom is -0.390 e. The number of halogens is 3. The van der Waals surface area contributed by atoms with Crippen LogP contribution in [0.5, 0.6) is 0 Å². The fourth-order valence-corrected chi connectivity index (χ4v) is 2.60. The zero-order chi connectivity index (χ0) is 15.4. The molecule has 0 bridgehead atoms. The summed E-state index contributed by atoms with van der Waals surface area (Å²) in [6.07, 6.45) is -1.74. The summed E-state index contributed by atoms with van der Waals surface area (Å²) in [5.74, 6) is -0.893. The minimum absolute atomic E-state index is 0.120. The molecule has 2 rings (SSSR count). The van der Waals surface area contributed by atoms with E-state index in [1.165, 1.54) is 6.07 Å². The van der Waals surface area contributed by atoms with Crippen molar-refractivity contribution in [2.75, 3.05) is 0 Å². The quantitative estimate of drug-likeness (QED) is 0.749. The van der Waals surface area contributed by atoms with E-state index in [1.807, 2.05) is 0 Å². The molecule has 0 heterocycles. The van der Waals surface area contributed by atoms with Crippen molar-refractivity contribution < 1.29 is 23.4 Å². The van der Waals surface area contributed by atoms with Crippen LogP contribution in [-0.2, 0) is 6.54 Å². The molecule has 3 N–H and O–H groups in total. The van der Waals surface area contributed by atoms with Gasteiger partial charge < -0.3 is 15.5 Å². The number of nitrogens with one attached hydrogen (secondary N) is 1. The fraction of sp³-hybridized carbons (Fsp3) is 0.600. The van der Waals surface area contributed by atoms with Crippen LogP contribution in [0.2, 0.25) is 0 Å². The first-order valence-corrected chi connectivity index (χ1v) is 7.13. The van der Waals surface area contributed by atoms with Crippen LogP contribution in [0, 0.1) is 5.82 Å². The molecule has 1 saturated carbocycles. The molecule has 0 aliphatic heterocycles. The first-order chi connectivity index (χ1) is 9.97. The summed E-state index contributed by atoms with van der Waals surface area (Å²) in [5, 5.41) is 22.4. The Labute approximate surface area is 121 Å². The normalized spacial score (nSPS) is 26.9. The van der Waals surface area contributed by atoms with Gasteiger partial charge in [-0.15, -0.1) is 0 Å². The van der Waals surface area contributed by atoms with Gasteiger partial charge in [0.15, 0.2) is 0 Å². The molecule has 3 nitrogen and oxygen atoms in total. The standard InChI is InChI=1S/C15H20F3NO2/c16-12-7-9(1-4-11(12)15(17)18)8-19-10-2-5-13(20)14(21)6-3-10/h1,4,7,10,13-15,19-21H,2-3,5-6,8H2/t10?,13-,14+. The number of hydrogen-bond donors (Lipinski definition) is 3. The third-order valence-corrected chi connectivity index (χ3v) is 3.96. The van der Waals surface area contributed by atoms with Crippen molar-refractivity contribution in [1.29, 1.82) is 0 Å². The predicted octanol–water partition coefficient (Wildman–Crippen LogP) is 2.52. The number of alkyl halides is 2. The summed E-state index contributed by atoms with van der Waals surface area (Å²) in [5.41, 5.74) is 0.0155. The van der Waals surface area contributed by atoms with Crippen LogP contribution in [0.4, 0.5) is 13.2 Å². The lowest BCUT2D eigenvalue weighted by atomic mass is 10.1. The van der Waals surface area contributed by atoms with Crippen molar-refractivity contribution in [2.45, 2.75) is 56.9 Å². The van der Waals surface area contributed by atoms with Crippen molar-refractivity contribution in [1.82, 2.24) is 5.32 Å². The van der Waals surface area contributed by atoms with Gasteiger partial charge in [-0.2, -0.15) is 0 Å². The molecule has 21 heavy (non-hydrogen) atoms. The Morgan fingerprint density at radius 3 is 2.24 bits per heavy atom. The molecule has 0 amide bonds. The minimum atomic E-state index is -2.81. The summed E-state index contributed by atoms with van der Waals surface area (Å²) in [6, 6.07) is 3.83. The average molecular weight is 303 g/mol. The maximum Gasteiger partial charge on any atom is 0.266 e. The van der Waals surface area contributed by atoms with E-state index in [0.717, 1.165) is 25.0 Å². The summed E-state index contributed by atoms with van der Waals surface area (Å²) in [4.78, 5) is 0. The van der Waals surface area contributed by atoms with Gasteiger partial charge in [-0.1, -0.05) is 12.1 Å². The number of aliphatic hydroxyl groups is 2. The molecular formula is C15H20F3NO2. The Hall–Kier alpha value is -1.11. The van der Waals surface area contributed by atoms with E-state index in [4.69, 9.17) is 0 Å². The Morgan fingerprint density at radius 1 is 1.10 bits per heavy atom. The molecule has 0 radical (unpaired) electrons. The molecule has 1 aliphatic carbocycles. The highest BCUT2D eigenvalue weighted by Crippen LogP contribution is 2.23. The summed E-state index contributed by atoms with van der Waals surface area (Å²) in [7, 11) is 0. The molecule has 6 heteroatoms. The van der Waals surface area contributed by atoms with E-state index in [9.17, 15) is 23.4 Å². The third kappa shape index (κ3) is 4.43. The van der Waals surface area contributed by atoms with Gasteiger partial charge in [-0.05, 0) is 37.3 Å². The lowest BCUT2D eigenvalue weighted by Crippen LogP contribution is -2.28. The summed E-state index contributed by atoms with van der Waals surface area (Å²) >= 11 is 0. The van der Waals surface area contributed by atoms with E-state index < -0.39 is 30.0 Å². The highest BCUT2D eigenvalue weighted by molar-refractivity contribution is 5.25. The van der Waals surface area contributed by atoms with Crippen LogP contribution in [0.1, 0.15) is 43.2 Å². The summed E-state index contributed by atoms with van der Waals surface area (Å²) < 4.78 is 38.4. The Bertz CT molecular complexity index is 458. The Morgan fingerprint density at radius 2 is 1.71 bits per heavy atom. The van der Waals surface area contributed by atoms with E-state index in [-0.39, 0.29) is 6.04 Å². The highest BCUT2D eigenvalue weighted by Gasteiger charge is 2.23. The number of aliphatic hydroxyl groups excluding tert-OH is 2. The van der Waals surface area contributed by atoms with Gasteiger partial charge in [-0.25, -0.2) is 13.2 Å². The summed E-state index contributed by atoms with van der Waals surface area (Å²) in [6.45, 7) is 0.372. The van der Waals surface area contributed by atoms with E-state index in [2.05, 4.69) is 5.32 Å². The molecule has 1 aromatic carbocycles. The first kappa shape index (κ1) is 16.3. The van der Waals surface area contributed by atoms with Gasteiger partial charge in [0.1, 0.15) is 5.82 Å². The van der Waals surface area contributed by atoms with Gasteiger partial charge in [0.2, 0.25) is 0 Å². The zero-order valence-electron chi connectivity index (χ0n) is 11.6. The smallest absolute Gasteiger partial charge is 0.266 e. The van der Waals surface area contributed by atoms with Crippen molar-refractivity contribution in [3.05, 3.63) is 35.1 Å². The van der Waals surface area contributed by atoms with Gasteiger partial charge in [0.05, 0.1) is 17.8 Å². The van der Waals surface area contributed by atoms with Crippen LogP contribution < -0.4 is 5.32 Å². The van der Waals surface area contributed by atoms with Crippen molar-refractivity contribution in [3.8, 4) is 0 Å². The van der Waals surface area contributed by atoms with Crippen molar-refractivity contribution >= 4 is 0 Å². The Balaban J connectivity index is 1.89. The van der Waals surface area contributed by atoms with Crippen molar-refractivity contribution in [2.24, 2.45) is 0 Å². The maximum atomic E-state index is 13.5. The molecule has 1 aromatic rings. The molecule has 0 aromatic heterocycles. The lowest BCUT2D eigenvalue weighted by molar-refractivity contribution is 0.0157. The van der Waals surface area contributed by atoms with E-state index in [1.54, 1.807) is 0 Å². The number of rotatable bonds is 4. The van der Waals surface area contributed by atoms with Gasteiger partial charge in [-0.3, -0.25) is 0 Å². The number of benzene rings is 1. The highest BCUT2D eigenvalue weighted by atomic mass is 19.3. The second-order valence-corrected chi connectivity index (χ2v) is 5.52. The monoisotopic (exact) mass is 303 g/mol. The van der Waals surface area contributed by atoms with Crippen molar-refractivity contribution in [3.63, 3.8) is 0 Å². The molecule has 0 saturated heterocycles. The number of hydrogen-bond acceptors (Lipinski definition) is 3. The second-order valence-electron chi connectivity index (χ2n) is 5.52.